The number of furan rings is 1. The quantitative estimate of drug-likeness (QED) is 0.169. The SMILES string of the molecule is C1=CC2C=Cc3ccccc3C2C=C1c1nc(-c2ccc3ccccc3c2)nc(-c2c(-c3ccc(-c4ccccc4-c4ccccc4)cc3)ccc3oc4ccccc4c23)n1. The van der Waals surface area contributed by atoms with Crippen LogP contribution in [0.3, 0.4) is 0 Å². The summed E-state index contributed by atoms with van der Waals surface area (Å²) in [6, 6.07) is 64.1. The summed E-state index contributed by atoms with van der Waals surface area (Å²) < 4.78 is 6.54. The minimum Gasteiger partial charge on any atom is -0.456 e. The van der Waals surface area contributed by atoms with Crippen molar-refractivity contribution in [2.75, 3.05) is 0 Å². The molecule has 61 heavy (non-hydrogen) atoms. The predicted octanol–water partition coefficient (Wildman–Crippen LogP) is 14.6. The van der Waals surface area contributed by atoms with Gasteiger partial charge in [0.05, 0.1) is 0 Å². The molecule has 2 heterocycles. The summed E-state index contributed by atoms with van der Waals surface area (Å²) in [6.45, 7) is 0. The first kappa shape index (κ1) is 35.0. The Balaban J connectivity index is 1.07. The van der Waals surface area contributed by atoms with Crippen molar-refractivity contribution >= 4 is 44.4 Å². The van der Waals surface area contributed by atoms with Crippen molar-refractivity contribution in [3.63, 3.8) is 0 Å². The number of hydrogen-bond donors (Lipinski definition) is 0. The van der Waals surface area contributed by atoms with Gasteiger partial charge in [-0.05, 0) is 79.5 Å². The lowest BCUT2D eigenvalue weighted by atomic mass is 9.76. The minimum absolute atomic E-state index is 0.174. The summed E-state index contributed by atoms with van der Waals surface area (Å²) >= 11 is 0. The zero-order valence-electron chi connectivity index (χ0n) is 33.1. The molecule has 0 aliphatic heterocycles. The largest absolute Gasteiger partial charge is 0.456 e. The molecule has 0 saturated carbocycles. The van der Waals surface area contributed by atoms with Crippen LogP contribution in [-0.4, -0.2) is 15.0 Å². The fourth-order valence-electron chi connectivity index (χ4n) is 9.30. The molecule has 0 radical (unpaired) electrons. The van der Waals surface area contributed by atoms with E-state index in [1.807, 2.05) is 12.1 Å². The highest BCUT2D eigenvalue weighted by Gasteiger charge is 2.28. The summed E-state index contributed by atoms with van der Waals surface area (Å²) in [5.74, 6) is 2.29. The number of aromatic nitrogens is 3. The number of nitrogens with zero attached hydrogens (tertiary/aromatic N) is 3. The molecular formula is C57H37N3O. The van der Waals surface area contributed by atoms with E-state index in [1.165, 1.54) is 33.2 Å². The molecule has 2 aliphatic carbocycles. The van der Waals surface area contributed by atoms with Gasteiger partial charge in [-0.15, -0.1) is 0 Å². The molecule has 0 spiro atoms. The highest BCUT2D eigenvalue weighted by atomic mass is 16.3. The Morgan fingerprint density at radius 3 is 1.92 bits per heavy atom. The summed E-state index contributed by atoms with van der Waals surface area (Å²) in [6.07, 6.45) is 11.4. The Labute approximate surface area is 353 Å². The van der Waals surface area contributed by atoms with Crippen molar-refractivity contribution in [1.82, 2.24) is 15.0 Å². The fraction of sp³-hybridized carbons (Fsp3) is 0.0351. The van der Waals surface area contributed by atoms with Gasteiger partial charge in [0.25, 0.3) is 0 Å². The van der Waals surface area contributed by atoms with Gasteiger partial charge in [0.2, 0.25) is 0 Å². The summed E-state index contributed by atoms with van der Waals surface area (Å²) in [5, 5.41) is 4.29. The number of benzene rings is 8. The van der Waals surface area contributed by atoms with Crippen molar-refractivity contribution in [3.05, 3.63) is 223 Å². The van der Waals surface area contributed by atoms with Crippen LogP contribution in [0.5, 0.6) is 0 Å². The predicted molar refractivity (Wildman–Crippen MR) is 251 cm³/mol. The molecule has 10 aromatic rings. The smallest absolute Gasteiger partial charge is 0.165 e. The van der Waals surface area contributed by atoms with Crippen LogP contribution in [0.4, 0.5) is 0 Å². The zero-order valence-corrected chi connectivity index (χ0v) is 33.1. The number of para-hydroxylation sites is 1. The third-order valence-corrected chi connectivity index (χ3v) is 12.3. The van der Waals surface area contributed by atoms with Crippen LogP contribution >= 0.6 is 0 Å². The van der Waals surface area contributed by atoms with Crippen molar-refractivity contribution < 1.29 is 4.42 Å². The first-order chi connectivity index (χ1) is 30.2. The van der Waals surface area contributed by atoms with E-state index in [0.29, 0.717) is 17.5 Å². The van der Waals surface area contributed by atoms with Crippen LogP contribution in [-0.2, 0) is 0 Å². The zero-order chi connectivity index (χ0) is 40.3. The fourth-order valence-corrected chi connectivity index (χ4v) is 9.30. The normalized spacial score (nSPS) is 15.5. The summed E-state index contributed by atoms with van der Waals surface area (Å²) in [7, 11) is 0. The molecular weight excluding hydrogens is 743 g/mol. The third-order valence-electron chi connectivity index (χ3n) is 12.3. The van der Waals surface area contributed by atoms with E-state index < -0.39 is 0 Å². The van der Waals surface area contributed by atoms with E-state index in [0.717, 1.165) is 60.7 Å². The summed E-state index contributed by atoms with van der Waals surface area (Å²) in [5.41, 5.74) is 13.8. The molecule has 0 fully saturated rings. The standard InChI is InChI=1S/C57H37N3O/c1-2-13-37(14-3-1)45-17-8-9-18-46(45)39-24-26-40(27-25-39)48-32-33-52-53(49-20-10-11-21-51(49)61-52)54(48)57-59-55(43-30-22-36-12-4-5-16-42(36)34-43)58-56(60-57)44-31-29-41-28-23-38-15-6-7-19-47(38)50(41)35-44/h1-35,41,50H. The Bertz CT molecular complexity index is 3430. The average Bonchev–Trinajstić information content (AvgIpc) is 3.72. The van der Waals surface area contributed by atoms with Crippen LogP contribution in [0.2, 0.25) is 0 Å². The summed E-state index contributed by atoms with van der Waals surface area (Å²) in [4.78, 5) is 16.1. The van der Waals surface area contributed by atoms with Gasteiger partial charge in [-0.3, -0.25) is 0 Å². The molecule has 2 unspecified atom stereocenters. The number of rotatable bonds is 6. The van der Waals surface area contributed by atoms with Gasteiger partial charge >= 0.3 is 0 Å². The van der Waals surface area contributed by atoms with Gasteiger partial charge in [-0.1, -0.05) is 188 Å². The van der Waals surface area contributed by atoms with Gasteiger partial charge in [0.1, 0.15) is 11.2 Å². The van der Waals surface area contributed by atoms with Gasteiger partial charge in [-0.2, -0.15) is 0 Å². The molecule has 0 N–H and O–H groups in total. The van der Waals surface area contributed by atoms with Gasteiger partial charge in [0.15, 0.2) is 17.5 Å². The van der Waals surface area contributed by atoms with Crippen molar-refractivity contribution in [2.45, 2.75) is 5.92 Å². The lowest BCUT2D eigenvalue weighted by Gasteiger charge is -2.28. The minimum atomic E-state index is 0.174. The number of hydrogen-bond acceptors (Lipinski definition) is 4. The van der Waals surface area contributed by atoms with Gasteiger partial charge in [-0.25, -0.2) is 15.0 Å². The highest BCUT2D eigenvalue weighted by molar-refractivity contribution is 6.15. The second-order valence-electron chi connectivity index (χ2n) is 15.9. The molecule has 12 rings (SSSR count). The molecule has 2 atom stereocenters. The molecule has 0 bridgehead atoms. The second-order valence-corrected chi connectivity index (χ2v) is 15.9. The van der Waals surface area contributed by atoms with E-state index >= 15 is 0 Å². The molecule has 2 aliphatic rings. The highest BCUT2D eigenvalue weighted by Crippen LogP contribution is 2.45. The van der Waals surface area contributed by atoms with E-state index in [-0.39, 0.29) is 11.8 Å². The van der Waals surface area contributed by atoms with E-state index in [1.54, 1.807) is 0 Å². The van der Waals surface area contributed by atoms with Crippen LogP contribution < -0.4 is 0 Å². The lowest BCUT2D eigenvalue weighted by Crippen LogP contribution is -2.15. The lowest BCUT2D eigenvalue weighted by molar-refractivity contribution is 0.669. The van der Waals surface area contributed by atoms with E-state index in [9.17, 15) is 0 Å². The Morgan fingerprint density at radius 1 is 0.426 bits per heavy atom. The van der Waals surface area contributed by atoms with Crippen molar-refractivity contribution in [3.8, 4) is 56.2 Å². The maximum Gasteiger partial charge on any atom is 0.165 e. The van der Waals surface area contributed by atoms with E-state index in [4.69, 9.17) is 19.4 Å². The van der Waals surface area contributed by atoms with Crippen molar-refractivity contribution in [2.24, 2.45) is 5.92 Å². The van der Waals surface area contributed by atoms with Crippen LogP contribution in [0.25, 0.3) is 101 Å². The molecule has 2 aromatic heterocycles. The molecule has 0 saturated heterocycles. The Morgan fingerprint density at radius 2 is 1.07 bits per heavy atom. The van der Waals surface area contributed by atoms with E-state index in [2.05, 4.69) is 200 Å². The first-order valence-corrected chi connectivity index (χ1v) is 20.8. The Hall–Kier alpha value is -7.95. The average molecular weight is 780 g/mol. The monoisotopic (exact) mass is 779 g/mol. The second kappa shape index (κ2) is 14.4. The number of allylic oxidation sites excluding steroid dienone is 5. The molecule has 4 heteroatoms. The van der Waals surface area contributed by atoms with Gasteiger partial charge in [0, 0.05) is 39.3 Å². The molecule has 4 nitrogen and oxygen atoms in total. The molecule has 286 valence electrons. The molecule has 8 aromatic carbocycles. The third kappa shape index (κ3) is 6.11. The van der Waals surface area contributed by atoms with Crippen molar-refractivity contribution in [1.29, 1.82) is 0 Å². The van der Waals surface area contributed by atoms with Crippen LogP contribution in [0.1, 0.15) is 22.9 Å². The van der Waals surface area contributed by atoms with Crippen LogP contribution in [0.15, 0.2) is 211 Å². The topological polar surface area (TPSA) is 51.8 Å². The maximum absolute atomic E-state index is 6.54. The van der Waals surface area contributed by atoms with Gasteiger partial charge < -0.3 is 4.42 Å². The Kier molecular flexibility index (Phi) is 8.27. The number of fused-ring (bicyclic) bond motifs is 7. The maximum atomic E-state index is 6.54. The first-order valence-electron chi connectivity index (χ1n) is 20.8. The molecule has 0 amide bonds. The van der Waals surface area contributed by atoms with Crippen LogP contribution in [0, 0.1) is 5.92 Å².